The lowest BCUT2D eigenvalue weighted by Gasteiger charge is -2.30. The number of hydrogen-bond acceptors (Lipinski definition) is 8. The number of hydrogen-bond donors (Lipinski definition) is 3. The molecule has 0 spiro atoms. The number of nitrogens with zero attached hydrogens (tertiary/aromatic N) is 4. The highest BCUT2D eigenvalue weighted by atomic mass is 16.7. The van der Waals surface area contributed by atoms with Gasteiger partial charge in [0.1, 0.15) is 31.1 Å². The van der Waals surface area contributed by atoms with E-state index in [9.17, 15) is 4.79 Å². The van der Waals surface area contributed by atoms with E-state index in [1.165, 1.54) is 0 Å². The molecule has 0 unspecified atom stereocenters. The van der Waals surface area contributed by atoms with E-state index >= 15 is 0 Å². The molecule has 0 radical (unpaired) electrons. The molecule has 1 saturated heterocycles. The molecule has 1 fully saturated rings. The van der Waals surface area contributed by atoms with Crippen LogP contribution in [0, 0.1) is 0 Å². The molecule has 2 aliphatic heterocycles. The Morgan fingerprint density at radius 3 is 2.37 bits per heavy atom. The van der Waals surface area contributed by atoms with Crippen molar-refractivity contribution in [2.75, 3.05) is 19.6 Å². The first-order chi connectivity index (χ1) is 17.0. The van der Waals surface area contributed by atoms with Crippen LogP contribution in [0.15, 0.2) is 46.6 Å². The van der Waals surface area contributed by atoms with Crippen molar-refractivity contribution in [3.63, 3.8) is 0 Å². The van der Waals surface area contributed by atoms with Crippen molar-refractivity contribution in [3.8, 4) is 17.2 Å². The van der Waals surface area contributed by atoms with E-state index in [-0.39, 0.29) is 18.5 Å². The van der Waals surface area contributed by atoms with E-state index in [0.29, 0.717) is 12.3 Å². The van der Waals surface area contributed by atoms with Gasteiger partial charge in [0.2, 0.25) is 0 Å². The molecule has 4 rings (SSSR count). The van der Waals surface area contributed by atoms with Crippen LogP contribution in [-0.2, 0) is 19.6 Å². The normalized spacial score (nSPS) is 16.5. The standard InChI is InChI=1S/C24H30N6O5/c25-27-15-29-9-6-21(7-10-29)34-20-3-1-17(2-4-20)14-33-22-12-19-13-30(16-28-26)8-5-18(19)11-23(22)35-24(31)32/h1-4,11-12,15-16,21H,5-10,13-14,25-26H2,(H,31,32). The summed E-state index contributed by atoms with van der Waals surface area (Å²) in [6, 6.07) is 11.2. The fourth-order valence-electron chi connectivity index (χ4n) is 4.29. The number of piperidine rings is 1. The number of carboxylic acid groups (broad SMARTS) is 1. The summed E-state index contributed by atoms with van der Waals surface area (Å²) in [6.07, 6.45) is 4.53. The predicted octanol–water partition coefficient (Wildman–Crippen LogP) is 2.33. The molecule has 2 aromatic carbocycles. The van der Waals surface area contributed by atoms with E-state index in [4.69, 9.17) is 31.0 Å². The second kappa shape index (κ2) is 11.3. The zero-order valence-electron chi connectivity index (χ0n) is 19.4. The Hall–Kier alpha value is -4.15. The van der Waals surface area contributed by atoms with Gasteiger partial charge in [-0.3, -0.25) is 0 Å². The van der Waals surface area contributed by atoms with Crippen molar-refractivity contribution in [1.29, 1.82) is 0 Å². The van der Waals surface area contributed by atoms with E-state index in [1.54, 1.807) is 18.7 Å². The smallest absolute Gasteiger partial charge is 0.490 e. The largest absolute Gasteiger partial charge is 0.511 e. The van der Waals surface area contributed by atoms with Gasteiger partial charge in [0.15, 0.2) is 11.5 Å². The fourth-order valence-corrected chi connectivity index (χ4v) is 4.29. The molecular formula is C24H30N6O5. The molecule has 0 saturated carbocycles. The maximum Gasteiger partial charge on any atom is 0.511 e. The number of hydrazone groups is 2. The molecule has 2 aliphatic rings. The van der Waals surface area contributed by atoms with Gasteiger partial charge in [-0.05, 0) is 47.4 Å². The minimum Gasteiger partial charge on any atom is -0.490 e. The van der Waals surface area contributed by atoms with Crippen molar-refractivity contribution in [1.82, 2.24) is 9.80 Å². The number of nitrogens with two attached hydrogens (primary N) is 2. The summed E-state index contributed by atoms with van der Waals surface area (Å²) in [5, 5.41) is 16.3. The van der Waals surface area contributed by atoms with Gasteiger partial charge in [0.05, 0.1) is 0 Å². The van der Waals surface area contributed by atoms with Gasteiger partial charge in [0, 0.05) is 39.0 Å². The highest BCUT2D eigenvalue weighted by Gasteiger charge is 2.21. The van der Waals surface area contributed by atoms with Gasteiger partial charge < -0.3 is 40.8 Å². The lowest BCUT2D eigenvalue weighted by Crippen LogP contribution is -2.37. The Morgan fingerprint density at radius 1 is 1.00 bits per heavy atom. The third-order valence-electron chi connectivity index (χ3n) is 6.06. The summed E-state index contributed by atoms with van der Waals surface area (Å²) >= 11 is 0. The van der Waals surface area contributed by atoms with Crippen LogP contribution in [0.2, 0.25) is 0 Å². The molecule has 2 aromatic rings. The summed E-state index contributed by atoms with van der Waals surface area (Å²) < 4.78 is 17.1. The van der Waals surface area contributed by atoms with Gasteiger partial charge in [-0.25, -0.2) is 4.79 Å². The number of carbonyl (C=O) groups is 1. The molecule has 186 valence electrons. The fraction of sp³-hybridized carbons (Fsp3) is 0.375. The maximum absolute atomic E-state index is 11.2. The molecular weight excluding hydrogens is 452 g/mol. The number of ether oxygens (including phenoxy) is 3. The summed E-state index contributed by atoms with van der Waals surface area (Å²) in [5.74, 6) is 11.8. The SMILES string of the molecule is NN=CN1CCC(Oc2ccc(COc3cc4c(cc3OC(=O)O)CCN(C=NN)C4)cc2)CC1. The van der Waals surface area contributed by atoms with Crippen LogP contribution in [-0.4, -0.2) is 59.5 Å². The lowest BCUT2D eigenvalue weighted by atomic mass is 9.99. The van der Waals surface area contributed by atoms with Crippen LogP contribution in [0.5, 0.6) is 17.2 Å². The topological polar surface area (TPSA) is 148 Å². The second-order valence-electron chi connectivity index (χ2n) is 8.47. The van der Waals surface area contributed by atoms with Crippen molar-refractivity contribution in [2.24, 2.45) is 21.9 Å². The van der Waals surface area contributed by atoms with Gasteiger partial charge >= 0.3 is 6.16 Å². The first-order valence-corrected chi connectivity index (χ1v) is 11.4. The third kappa shape index (κ3) is 6.46. The minimum atomic E-state index is -1.38. The summed E-state index contributed by atoms with van der Waals surface area (Å²) in [5.41, 5.74) is 2.94. The highest BCUT2D eigenvalue weighted by Crippen LogP contribution is 2.34. The molecule has 0 bridgehead atoms. The van der Waals surface area contributed by atoms with Gasteiger partial charge in [0.25, 0.3) is 0 Å². The monoisotopic (exact) mass is 482 g/mol. The first kappa shape index (κ1) is 24.0. The van der Waals surface area contributed by atoms with E-state index in [0.717, 1.165) is 61.3 Å². The predicted molar refractivity (Wildman–Crippen MR) is 131 cm³/mol. The third-order valence-corrected chi connectivity index (χ3v) is 6.06. The van der Waals surface area contributed by atoms with Gasteiger partial charge in [-0.1, -0.05) is 12.1 Å². The van der Waals surface area contributed by atoms with Crippen LogP contribution in [0.1, 0.15) is 29.5 Å². The Balaban J connectivity index is 1.38. The van der Waals surface area contributed by atoms with Crippen molar-refractivity contribution in [3.05, 3.63) is 53.1 Å². The number of fused-ring (bicyclic) bond motifs is 1. The van der Waals surface area contributed by atoms with E-state index in [1.807, 2.05) is 35.2 Å². The van der Waals surface area contributed by atoms with Crippen LogP contribution in [0.25, 0.3) is 0 Å². The minimum absolute atomic E-state index is 0.148. The molecule has 0 aliphatic carbocycles. The molecule has 35 heavy (non-hydrogen) atoms. The highest BCUT2D eigenvalue weighted by molar-refractivity contribution is 5.64. The molecule has 11 nitrogen and oxygen atoms in total. The Bertz CT molecular complexity index is 1070. The maximum atomic E-state index is 11.2. The summed E-state index contributed by atoms with van der Waals surface area (Å²) in [7, 11) is 0. The Labute approximate surface area is 203 Å². The lowest BCUT2D eigenvalue weighted by molar-refractivity contribution is 0.132. The number of rotatable bonds is 8. The zero-order valence-corrected chi connectivity index (χ0v) is 19.4. The van der Waals surface area contributed by atoms with Crippen LogP contribution >= 0.6 is 0 Å². The quantitative estimate of drug-likeness (QED) is 0.129. The van der Waals surface area contributed by atoms with Crippen molar-refractivity contribution >= 4 is 18.8 Å². The van der Waals surface area contributed by atoms with Crippen LogP contribution in [0.3, 0.4) is 0 Å². The van der Waals surface area contributed by atoms with Crippen molar-refractivity contribution < 1.29 is 24.1 Å². The number of likely N-dealkylation sites (tertiary alicyclic amines) is 1. The molecule has 2 heterocycles. The summed E-state index contributed by atoms with van der Waals surface area (Å²) in [6.45, 7) is 3.30. The second-order valence-corrected chi connectivity index (χ2v) is 8.47. The average Bonchev–Trinajstić information content (AvgIpc) is 2.85. The molecule has 0 aromatic heterocycles. The van der Waals surface area contributed by atoms with Crippen molar-refractivity contribution in [2.45, 2.75) is 38.5 Å². The van der Waals surface area contributed by atoms with E-state index in [2.05, 4.69) is 15.1 Å². The Morgan fingerprint density at radius 2 is 1.69 bits per heavy atom. The molecule has 5 N–H and O–H groups in total. The zero-order chi connectivity index (χ0) is 24.6. The van der Waals surface area contributed by atoms with E-state index < -0.39 is 6.16 Å². The van der Waals surface area contributed by atoms with Crippen LogP contribution < -0.4 is 25.9 Å². The average molecular weight is 483 g/mol. The first-order valence-electron chi connectivity index (χ1n) is 11.4. The van der Waals surface area contributed by atoms with Gasteiger partial charge in [-0.2, -0.15) is 10.2 Å². The molecule has 0 atom stereocenters. The number of benzene rings is 2. The molecule has 0 amide bonds. The summed E-state index contributed by atoms with van der Waals surface area (Å²) in [4.78, 5) is 15.3. The van der Waals surface area contributed by atoms with Crippen LogP contribution in [0.4, 0.5) is 4.79 Å². The van der Waals surface area contributed by atoms with Gasteiger partial charge in [-0.15, -0.1) is 0 Å². The Kier molecular flexibility index (Phi) is 7.76. The molecule has 11 heteroatoms.